The molecule has 1 amide bonds. The Morgan fingerprint density at radius 1 is 1.33 bits per heavy atom. The van der Waals surface area contributed by atoms with Crippen molar-refractivity contribution in [1.29, 1.82) is 0 Å². The Bertz CT molecular complexity index is 846. The van der Waals surface area contributed by atoms with E-state index < -0.39 is 0 Å². The van der Waals surface area contributed by atoms with Gasteiger partial charge in [-0.05, 0) is 38.8 Å². The highest BCUT2D eigenvalue weighted by Crippen LogP contribution is 2.33. The van der Waals surface area contributed by atoms with Gasteiger partial charge in [0.05, 0.1) is 20.9 Å². The first kappa shape index (κ1) is 15.3. The number of rotatable bonds is 2. The first-order chi connectivity index (χ1) is 11.6. The highest BCUT2D eigenvalue weighted by Gasteiger charge is 2.30. The molecule has 124 valence electrons. The minimum absolute atomic E-state index is 0.0251. The van der Waals surface area contributed by atoms with Gasteiger partial charge in [-0.15, -0.1) is 11.3 Å². The number of aromatic nitrogens is 2. The molecule has 0 saturated carbocycles. The van der Waals surface area contributed by atoms with E-state index in [0.29, 0.717) is 29.5 Å². The number of nitrogens with zero attached hydrogens (tertiary/aromatic N) is 3. The fourth-order valence-electron chi connectivity index (χ4n) is 3.37. The molecule has 0 unspecified atom stereocenters. The number of likely N-dealkylation sites (tertiary alicyclic amines) is 1. The zero-order valence-corrected chi connectivity index (χ0v) is 14.6. The largest absolute Gasteiger partial charge is 0.361 e. The Balaban J connectivity index is 1.58. The van der Waals surface area contributed by atoms with Crippen molar-refractivity contribution in [3.63, 3.8) is 0 Å². The van der Waals surface area contributed by atoms with Gasteiger partial charge in [0, 0.05) is 19.0 Å². The molecule has 0 N–H and O–H groups in total. The number of piperidine rings is 1. The number of hydrogen-bond donors (Lipinski definition) is 0. The van der Waals surface area contributed by atoms with E-state index in [9.17, 15) is 4.79 Å². The molecular formula is C18H19N3O2S. The Labute approximate surface area is 144 Å². The van der Waals surface area contributed by atoms with Crippen molar-refractivity contribution < 1.29 is 9.32 Å². The standard InChI is InChI=1S/C18H19N3O2S/c1-11-16(12(2)23-20-11)18(22)21-9-5-6-13(10-21)17-19-14-7-3-4-8-15(14)24-17/h3-4,7-8,13H,5-6,9-10H2,1-2H3/t13-/m0/s1. The summed E-state index contributed by atoms with van der Waals surface area (Å²) in [6, 6.07) is 8.20. The summed E-state index contributed by atoms with van der Waals surface area (Å²) in [5.41, 5.74) is 2.33. The molecule has 1 aliphatic rings. The van der Waals surface area contributed by atoms with Crippen molar-refractivity contribution in [2.75, 3.05) is 13.1 Å². The number of benzene rings is 1. The van der Waals surface area contributed by atoms with Crippen LogP contribution in [-0.2, 0) is 0 Å². The van der Waals surface area contributed by atoms with Gasteiger partial charge in [-0.25, -0.2) is 4.98 Å². The second kappa shape index (κ2) is 6.02. The number of amides is 1. The van der Waals surface area contributed by atoms with Crippen LogP contribution >= 0.6 is 11.3 Å². The number of aryl methyl sites for hydroxylation is 2. The first-order valence-corrected chi connectivity index (χ1v) is 9.02. The molecule has 0 spiro atoms. The minimum atomic E-state index is 0.0251. The molecule has 2 aromatic heterocycles. The Morgan fingerprint density at radius 3 is 2.92 bits per heavy atom. The summed E-state index contributed by atoms with van der Waals surface area (Å²) in [6.07, 6.45) is 2.07. The van der Waals surface area contributed by atoms with Gasteiger partial charge in [0.2, 0.25) is 0 Å². The molecule has 4 rings (SSSR count). The van der Waals surface area contributed by atoms with Crippen LogP contribution in [0.5, 0.6) is 0 Å². The average molecular weight is 341 g/mol. The van der Waals surface area contributed by atoms with Crippen LogP contribution in [0.25, 0.3) is 10.2 Å². The van der Waals surface area contributed by atoms with Gasteiger partial charge < -0.3 is 9.42 Å². The zero-order valence-electron chi connectivity index (χ0n) is 13.8. The van der Waals surface area contributed by atoms with Crippen molar-refractivity contribution in [1.82, 2.24) is 15.0 Å². The summed E-state index contributed by atoms with van der Waals surface area (Å²) >= 11 is 1.74. The van der Waals surface area contributed by atoms with Crippen LogP contribution < -0.4 is 0 Å². The predicted molar refractivity (Wildman–Crippen MR) is 93.5 cm³/mol. The highest BCUT2D eigenvalue weighted by atomic mass is 32.1. The number of carbonyl (C=O) groups excluding carboxylic acids is 1. The van der Waals surface area contributed by atoms with E-state index >= 15 is 0 Å². The fourth-order valence-corrected chi connectivity index (χ4v) is 4.47. The summed E-state index contributed by atoms with van der Waals surface area (Å²) in [6.45, 7) is 5.11. The molecule has 1 aliphatic heterocycles. The van der Waals surface area contributed by atoms with E-state index in [1.54, 1.807) is 18.3 Å². The van der Waals surface area contributed by atoms with Gasteiger partial charge in [0.25, 0.3) is 5.91 Å². The SMILES string of the molecule is Cc1noc(C)c1C(=O)N1CCC[C@H](c2nc3ccccc3s2)C1. The quantitative estimate of drug-likeness (QED) is 0.709. The predicted octanol–water partition coefficient (Wildman–Crippen LogP) is 3.92. The summed E-state index contributed by atoms with van der Waals surface area (Å²) in [7, 11) is 0. The van der Waals surface area contributed by atoms with E-state index in [1.807, 2.05) is 30.0 Å². The summed E-state index contributed by atoms with van der Waals surface area (Å²) in [5.74, 6) is 0.928. The molecule has 3 aromatic rings. The van der Waals surface area contributed by atoms with Crippen LogP contribution in [0.15, 0.2) is 28.8 Å². The van der Waals surface area contributed by atoms with Crippen LogP contribution in [0, 0.1) is 13.8 Å². The van der Waals surface area contributed by atoms with Gasteiger partial charge in [0.15, 0.2) is 0 Å². The maximum absolute atomic E-state index is 12.9. The van der Waals surface area contributed by atoms with E-state index in [1.165, 1.54) is 4.70 Å². The Morgan fingerprint density at radius 2 is 2.17 bits per heavy atom. The number of carbonyl (C=O) groups is 1. The van der Waals surface area contributed by atoms with Crippen molar-refractivity contribution in [2.24, 2.45) is 0 Å². The van der Waals surface area contributed by atoms with Crippen molar-refractivity contribution in [3.8, 4) is 0 Å². The molecule has 5 nitrogen and oxygen atoms in total. The smallest absolute Gasteiger partial charge is 0.259 e. The lowest BCUT2D eigenvalue weighted by Gasteiger charge is -2.31. The monoisotopic (exact) mass is 341 g/mol. The molecule has 1 fully saturated rings. The fraction of sp³-hybridized carbons (Fsp3) is 0.389. The number of para-hydroxylation sites is 1. The second-order valence-electron chi connectivity index (χ2n) is 6.31. The molecule has 24 heavy (non-hydrogen) atoms. The van der Waals surface area contributed by atoms with Crippen LogP contribution in [0.1, 0.15) is 45.6 Å². The second-order valence-corrected chi connectivity index (χ2v) is 7.37. The van der Waals surface area contributed by atoms with Gasteiger partial charge in [-0.2, -0.15) is 0 Å². The van der Waals surface area contributed by atoms with E-state index in [2.05, 4.69) is 11.2 Å². The summed E-state index contributed by atoms with van der Waals surface area (Å²) in [4.78, 5) is 19.6. The highest BCUT2D eigenvalue weighted by molar-refractivity contribution is 7.18. The topological polar surface area (TPSA) is 59.2 Å². The Hall–Kier alpha value is -2.21. The molecule has 3 heterocycles. The third kappa shape index (κ3) is 2.60. The van der Waals surface area contributed by atoms with Gasteiger partial charge >= 0.3 is 0 Å². The van der Waals surface area contributed by atoms with Crippen LogP contribution in [0.2, 0.25) is 0 Å². The van der Waals surface area contributed by atoms with Crippen LogP contribution in [-0.4, -0.2) is 34.0 Å². The first-order valence-electron chi connectivity index (χ1n) is 8.21. The molecule has 0 bridgehead atoms. The van der Waals surface area contributed by atoms with E-state index in [0.717, 1.165) is 29.9 Å². The zero-order chi connectivity index (χ0) is 16.7. The van der Waals surface area contributed by atoms with Gasteiger partial charge in [-0.1, -0.05) is 17.3 Å². The van der Waals surface area contributed by atoms with E-state index in [4.69, 9.17) is 9.51 Å². The molecular weight excluding hydrogens is 322 g/mol. The lowest BCUT2D eigenvalue weighted by atomic mass is 9.98. The van der Waals surface area contributed by atoms with Crippen LogP contribution in [0.3, 0.4) is 0 Å². The molecule has 0 aliphatic carbocycles. The van der Waals surface area contributed by atoms with Gasteiger partial charge in [-0.3, -0.25) is 4.79 Å². The molecule has 1 saturated heterocycles. The molecule has 1 aromatic carbocycles. The van der Waals surface area contributed by atoms with E-state index in [-0.39, 0.29) is 5.91 Å². The molecule has 1 atom stereocenters. The molecule has 0 radical (unpaired) electrons. The van der Waals surface area contributed by atoms with Crippen molar-refractivity contribution >= 4 is 27.5 Å². The lowest BCUT2D eigenvalue weighted by Crippen LogP contribution is -2.39. The van der Waals surface area contributed by atoms with Crippen molar-refractivity contribution in [2.45, 2.75) is 32.6 Å². The normalized spacial score (nSPS) is 18.2. The minimum Gasteiger partial charge on any atom is -0.361 e. The Kier molecular flexibility index (Phi) is 3.84. The third-order valence-electron chi connectivity index (χ3n) is 4.62. The van der Waals surface area contributed by atoms with Crippen molar-refractivity contribution in [3.05, 3.63) is 46.3 Å². The van der Waals surface area contributed by atoms with Gasteiger partial charge in [0.1, 0.15) is 11.3 Å². The summed E-state index contributed by atoms with van der Waals surface area (Å²) in [5, 5.41) is 5.04. The number of fused-ring (bicyclic) bond motifs is 1. The van der Waals surface area contributed by atoms with Crippen LogP contribution in [0.4, 0.5) is 0 Å². The summed E-state index contributed by atoms with van der Waals surface area (Å²) < 4.78 is 6.36. The third-order valence-corrected chi connectivity index (χ3v) is 5.81. The number of hydrogen-bond acceptors (Lipinski definition) is 5. The molecule has 6 heteroatoms. The maximum Gasteiger partial charge on any atom is 0.259 e. The maximum atomic E-state index is 12.9. The number of thiazole rings is 1. The average Bonchev–Trinajstić information content (AvgIpc) is 3.18. The lowest BCUT2D eigenvalue weighted by molar-refractivity contribution is 0.0704.